The third-order valence-corrected chi connectivity index (χ3v) is 5.07. The summed E-state index contributed by atoms with van der Waals surface area (Å²) in [5.74, 6) is -0.824. The first-order chi connectivity index (χ1) is 10.1. The number of piperidine rings is 1. The fraction of sp³-hybridized carbons (Fsp3) is 0.529. The standard InChI is InChI=1S/C17H21NO3/c19-15(20)13-7-11-18(12-8-13)16(21)17(9-4-10-17)14-5-2-1-3-6-14/h1-3,5-6,13H,4,7-12H2,(H,19,20). The Morgan fingerprint density at radius 1 is 1.10 bits per heavy atom. The molecule has 3 rings (SSSR count). The number of likely N-dealkylation sites (tertiary alicyclic amines) is 1. The molecule has 1 saturated heterocycles. The van der Waals surface area contributed by atoms with Crippen molar-refractivity contribution >= 4 is 11.9 Å². The summed E-state index contributed by atoms with van der Waals surface area (Å²) in [6.45, 7) is 1.15. The Kier molecular flexibility index (Phi) is 3.70. The normalized spacial score (nSPS) is 21.6. The van der Waals surface area contributed by atoms with Crippen molar-refractivity contribution in [2.24, 2.45) is 5.92 Å². The van der Waals surface area contributed by atoms with Crippen LogP contribution in [0.1, 0.15) is 37.7 Å². The Labute approximate surface area is 124 Å². The van der Waals surface area contributed by atoms with Gasteiger partial charge in [-0.3, -0.25) is 9.59 Å². The van der Waals surface area contributed by atoms with Gasteiger partial charge in [0.15, 0.2) is 0 Å². The second-order valence-corrected chi connectivity index (χ2v) is 6.21. The van der Waals surface area contributed by atoms with Crippen molar-refractivity contribution in [2.75, 3.05) is 13.1 Å². The fourth-order valence-electron chi connectivity index (χ4n) is 3.55. The number of carboxylic acids is 1. The van der Waals surface area contributed by atoms with Crippen LogP contribution >= 0.6 is 0 Å². The van der Waals surface area contributed by atoms with Gasteiger partial charge < -0.3 is 10.0 Å². The molecule has 1 aromatic rings. The summed E-state index contributed by atoms with van der Waals surface area (Å²) in [6, 6.07) is 10.0. The number of amides is 1. The smallest absolute Gasteiger partial charge is 0.306 e. The van der Waals surface area contributed by atoms with Gasteiger partial charge in [0.05, 0.1) is 11.3 Å². The largest absolute Gasteiger partial charge is 0.481 e. The molecule has 1 aliphatic carbocycles. The van der Waals surface area contributed by atoms with Gasteiger partial charge in [-0.15, -0.1) is 0 Å². The van der Waals surface area contributed by atoms with Crippen LogP contribution in [0.25, 0.3) is 0 Å². The highest BCUT2D eigenvalue weighted by Gasteiger charge is 2.48. The quantitative estimate of drug-likeness (QED) is 0.929. The minimum absolute atomic E-state index is 0.198. The number of hydrogen-bond donors (Lipinski definition) is 1. The van der Waals surface area contributed by atoms with Crippen molar-refractivity contribution in [1.82, 2.24) is 4.90 Å². The molecule has 112 valence electrons. The van der Waals surface area contributed by atoms with Gasteiger partial charge in [-0.2, -0.15) is 0 Å². The molecule has 1 saturated carbocycles. The van der Waals surface area contributed by atoms with Crippen LogP contribution in [0, 0.1) is 5.92 Å². The highest BCUT2D eigenvalue weighted by Crippen LogP contribution is 2.45. The lowest BCUT2D eigenvalue weighted by Crippen LogP contribution is -2.53. The molecule has 1 aromatic carbocycles. The molecular weight excluding hydrogens is 266 g/mol. The van der Waals surface area contributed by atoms with Crippen LogP contribution in [0.4, 0.5) is 0 Å². The summed E-state index contributed by atoms with van der Waals surface area (Å²) in [4.78, 5) is 25.9. The zero-order valence-corrected chi connectivity index (χ0v) is 12.1. The van der Waals surface area contributed by atoms with Crippen LogP contribution < -0.4 is 0 Å². The summed E-state index contributed by atoms with van der Waals surface area (Å²) in [7, 11) is 0. The Hall–Kier alpha value is -1.84. The van der Waals surface area contributed by atoms with Gasteiger partial charge in [-0.25, -0.2) is 0 Å². The number of rotatable bonds is 3. The molecule has 0 bridgehead atoms. The maximum Gasteiger partial charge on any atom is 0.306 e. The van der Waals surface area contributed by atoms with Gasteiger partial charge in [-0.1, -0.05) is 36.8 Å². The molecule has 1 heterocycles. The molecule has 0 spiro atoms. The van der Waals surface area contributed by atoms with Crippen LogP contribution in [0.2, 0.25) is 0 Å². The van der Waals surface area contributed by atoms with Gasteiger partial charge >= 0.3 is 5.97 Å². The number of carboxylic acid groups (broad SMARTS) is 1. The lowest BCUT2D eigenvalue weighted by molar-refractivity contribution is -0.148. The molecule has 0 unspecified atom stereocenters. The predicted octanol–water partition coefficient (Wildman–Crippen LogP) is 2.43. The van der Waals surface area contributed by atoms with E-state index >= 15 is 0 Å². The number of carbonyl (C=O) groups is 2. The maximum atomic E-state index is 13.0. The Bertz CT molecular complexity index is 528. The van der Waals surface area contributed by atoms with Gasteiger partial charge in [0.25, 0.3) is 0 Å². The lowest BCUT2D eigenvalue weighted by Gasteiger charge is -2.45. The minimum atomic E-state index is -0.733. The minimum Gasteiger partial charge on any atom is -0.481 e. The summed E-state index contributed by atoms with van der Waals surface area (Å²) in [5.41, 5.74) is 0.763. The molecule has 0 atom stereocenters. The van der Waals surface area contributed by atoms with Gasteiger partial charge in [-0.05, 0) is 31.2 Å². The van der Waals surface area contributed by atoms with E-state index in [2.05, 4.69) is 0 Å². The molecule has 21 heavy (non-hydrogen) atoms. The van der Waals surface area contributed by atoms with Crippen molar-refractivity contribution in [2.45, 2.75) is 37.5 Å². The molecule has 1 amide bonds. The summed E-state index contributed by atoms with van der Waals surface area (Å²) >= 11 is 0. The molecule has 4 heteroatoms. The van der Waals surface area contributed by atoms with E-state index in [9.17, 15) is 9.59 Å². The third-order valence-electron chi connectivity index (χ3n) is 5.07. The average molecular weight is 287 g/mol. The van der Waals surface area contributed by atoms with E-state index in [4.69, 9.17) is 5.11 Å². The second kappa shape index (κ2) is 5.51. The van der Waals surface area contributed by atoms with Gasteiger partial charge in [0.2, 0.25) is 5.91 Å². The molecule has 4 nitrogen and oxygen atoms in total. The topological polar surface area (TPSA) is 57.6 Å². The molecule has 1 N–H and O–H groups in total. The fourth-order valence-corrected chi connectivity index (χ4v) is 3.55. The van der Waals surface area contributed by atoms with Gasteiger partial charge in [0, 0.05) is 13.1 Å². The van der Waals surface area contributed by atoms with E-state index in [1.807, 2.05) is 35.2 Å². The average Bonchev–Trinajstić information content (AvgIpc) is 2.47. The number of hydrogen-bond acceptors (Lipinski definition) is 2. The highest BCUT2D eigenvalue weighted by atomic mass is 16.4. The van der Waals surface area contributed by atoms with E-state index in [1.165, 1.54) is 0 Å². The molecule has 2 aliphatic rings. The van der Waals surface area contributed by atoms with Crippen LogP contribution in [0.15, 0.2) is 30.3 Å². The van der Waals surface area contributed by atoms with Crippen molar-refractivity contribution in [3.05, 3.63) is 35.9 Å². The van der Waals surface area contributed by atoms with E-state index in [-0.39, 0.29) is 17.2 Å². The van der Waals surface area contributed by atoms with Crippen molar-refractivity contribution in [3.63, 3.8) is 0 Å². The SMILES string of the molecule is O=C(O)C1CCN(C(=O)C2(c3ccccc3)CCC2)CC1. The van der Waals surface area contributed by atoms with Crippen LogP contribution in [0.3, 0.4) is 0 Å². The van der Waals surface area contributed by atoms with Crippen molar-refractivity contribution < 1.29 is 14.7 Å². The summed E-state index contributed by atoms with van der Waals surface area (Å²) < 4.78 is 0. The lowest BCUT2D eigenvalue weighted by atomic mass is 9.63. The Morgan fingerprint density at radius 2 is 1.71 bits per heavy atom. The number of carbonyl (C=O) groups excluding carboxylic acids is 1. The van der Waals surface area contributed by atoms with Crippen LogP contribution in [0.5, 0.6) is 0 Å². The van der Waals surface area contributed by atoms with Gasteiger partial charge in [0.1, 0.15) is 0 Å². The first-order valence-corrected chi connectivity index (χ1v) is 7.71. The summed E-state index contributed by atoms with van der Waals surface area (Å²) in [6.07, 6.45) is 4.06. The first-order valence-electron chi connectivity index (χ1n) is 7.71. The maximum absolute atomic E-state index is 13.0. The molecule has 0 radical (unpaired) electrons. The Balaban J connectivity index is 1.74. The van der Waals surface area contributed by atoms with Crippen molar-refractivity contribution in [1.29, 1.82) is 0 Å². The summed E-state index contributed by atoms with van der Waals surface area (Å²) in [5, 5.41) is 9.05. The van der Waals surface area contributed by atoms with Crippen LogP contribution in [-0.2, 0) is 15.0 Å². The third kappa shape index (κ3) is 2.43. The van der Waals surface area contributed by atoms with E-state index in [0.29, 0.717) is 25.9 Å². The number of nitrogens with zero attached hydrogens (tertiary/aromatic N) is 1. The predicted molar refractivity (Wildman–Crippen MR) is 78.9 cm³/mol. The number of benzene rings is 1. The van der Waals surface area contributed by atoms with Crippen molar-refractivity contribution in [3.8, 4) is 0 Å². The monoisotopic (exact) mass is 287 g/mol. The number of aliphatic carboxylic acids is 1. The van der Waals surface area contributed by atoms with E-state index in [1.54, 1.807) is 0 Å². The molecular formula is C17H21NO3. The Morgan fingerprint density at radius 3 is 2.19 bits per heavy atom. The molecule has 2 fully saturated rings. The van der Waals surface area contributed by atoms with E-state index in [0.717, 1.165) is 24.8 Å². The molecule has 1 aliphatic heterocycles. The van der Waals surface area contributed by atoms with Crippen LogP contribution in [-0.4, -0.2) is 35.0 Å². The second-order valence-electron chi connectivity index (χ2n) is 6.21. The van der Waals surface area contributed by atoms with E-state index < -0.39 is 5.97 Å². The first kappa shape index (κ1) is 14.1. The zero-order chi connectivity index (χ0) is 14.9. The highest BCUT2D eigenvalue weighted by molar-refractivity contribution is 5.89. The zero-order valence-electron chi connectivity index (χ0n) is 12.1. The molecule has 0 aromatic heterocycles.